The van der Waals surface area contributed by atoms with Gasteiger partial charge in [0.05, 0.1) is 11.2 Å². The molecule has 1 amide bonds. The first-order chi connectivity index (χ1) is 16.6. The molecule has 0 aliphatic carbocycles. The summed E-state index contributed by atoms with van der Waals surface area (Å²) in [5.41, 5.74) is 2.00. The molecular formula is C23H25F4N5O3S. The number of carbonyl (C=O) groups excluding carboxylic acids is 1. The first-order valence-electron chi connectivity index (χ1n) is 10.6. The summed E-state index contributed by atoms with van der Waals surface area (Å²) >= 11 is 0. The third-order valence-corrected chi connectivity index (χ3v) is 5.66. The van der Waals surface area contributed by atoms with Crippen LogP contribution < -0.4 is 20.1 Å². The number of aryl methyl sites for hydroxylation is 1. The van der Waals surface area contributed by atoms with Gasteiger partial charge in [0.2, 0.25) is 0 Å². The van der Waals surface area contributed by atoms with Crippen molar-refractivity contribution in [2.75, 3.05) is 16.3 Å². The summed E-state index contributed by atoms with van der Waals surface area (Å²) in [7, 11) is -2.52. The van der Waals surface area contributed by atoms with E-state index in [1.807, 2.05) is 5.32 Å². The predicted octanol–water partition coefficient (Wildman–Crippen LogP) is 4.33. The van der Waals surface area contributed by atoms with Gasteiger partial charge in [-0.2, -0.15) is 13.2 Å². The van der Waals surface area contributed by atoms with Gasteiger partial charge in [0.15, 0.2) is 6.10 Å². The first-order valence-corrected chi connectivity index (χ1v) is 12.7. The van der Waals surface area contributed by atoms with Gasteiger partial charge in [-0.15, -0.1) is 0 Å². The van der Waals surface area contributed by atoms with Gasteiger partial charge in [-0.3, -0.25) is 4.79 Å². The Labute approximate surface area is 205 Å². The summed E-state index contributed by atoms with van der Waals surface area (Å²) < 4.78 is 72.7. The summed E-state index contributed by atoms with van der Waals surface area (Å²) in [4.78, 5) is 20.7. The van der Waals surface area contributed by atoms with Crippen LogP contribution in [0.3, 0.4) is 0 Å². The predicted molar refractivity (Wildman–Crippen MR) is 133 cm³/mol. The minimum Gasteiger partial charge on any atom is -0.479 e. The summed E-state index contributed by atoms with van der Waals surface area (Å²) in [6, 6.07) is 4.82. The molecular weight excluding hydrogens is 502 g/mol. The Hall–Kier alpha value is -3.61. The Morgan fingerprint density at radius 1 is 1.17 bits per heavy atom. The van der Waals surface area contributed by atoms with Gasteiger partial charge < -0.3 is 20.1 Å². The van der Waals surface area contributed by atoms with Crippen LogP contribution >= 0.6 is 0 Å². The molecule has 8 nitrogen and oxygen atoms in total. The normalized spacial score (nSPS) is 15.0. The molecule has 3 aromatic rings. The zero-order valence-corrected chi connectivity index (χ0v) is 20.7. The van der Waals surface area contributed by atoms with E-state index in [1.165, 1.54) is 25.6 Å². The van der Waals surface area contributed by atoms with Crippen molar-refractivity contribution in [2.45, 2.75) is 39.1 Å². The van der Waals surface area contributed by atoms with Crippen LogP contribution in [0.4, 0.5) is 34.8 Å². The molecule has 13 heteroatoms. The molecule has 1 heterocycles. The molecule has 3 unspecified atom stereocenters. The van der Waals surface area contributed by atoms with Crippen LogP contribution in [0.25, 0.3) is 10.9 Å². The summed E-state index contributed by atoms with van der Waals surface area (Å²) in [5, 5.41) is 5.45. The van der Waals surface area contributed by atoms with Crippen molar-refractivity contribution in [3.63, 3.8) is 0 Å². The number of aromatic nitrogens is 2. The Kier molecular flexibility index (Phi) is 7.62. The van der Waals surface area contributed by atoms with E-state index in [9.17, 15) is 26.6 Å². The highest BCUT2D eigenvalue weighted by atomic mass is 32.2. The van der Waals surface area contributed by atoms with Crippen LogP contribution in [0, 0.1) is 12.7 Å². The maximum atomic E-state index is 14.0. The highest BCUT2D eigenvalue weighted by Crippen LogP contribution is 2.33. The van der Waals surface area contributed by atoms with Gasteiger partial charge >= 0.3 is 6.18 Å². The van der Waals surface area contributed by atoms with Crippen molar-refractivity contribution in [3.05, 3.63) is 48.0 Å². The number of rotatable bonds is 8. The van der Waals surface area contributed by atoms with E-state index in [0.29, 0.717) is 22.4 Å². The number of nitrogens with one attached hydrogen (secondary N) is 3. The van der Waals surface area contributed by atoms with E-state index >= 15 is 0 Å². The Morgan fingerprint density at radius 3 is 2.50 bits per heavy atom. The zero-order chi connectivity index (χ0) is 26.8. The van der Waals surface area contributed by atoms with E-state index in [4.69, 9.17) is 4.74 Å². The molecule has 2 aromatic carbocycles. The Bertz CT molecular complexity index is 1400. The van der Waals surface area contributed by atoms with E-state index in [0.717, 1.165) is 24.6 Å². The highest BCUT2D eigenvalue weighted by Gasteiger charge is 2.38. The summed E-state index contributed by atoms with van der Waals surface area (Å²) in [6.45, 7) is 3.85. The van der Waals surface area contributed by atoms with Crippen molar-refractivity contribution in [2.24, 2.45) is 0 Å². The molecule has 3 atom stereocenters. The molecule has 36 heavy (non-hydrogen) atoms. The molecule has 0 bridgehead atoms. The molecule has 3 N–H and O–H groups in total. The second-order valence-corrected chi connectivity index (χ2v) is 10.5. The van der Waals surface area contributed by atoms with Gasteiger partial charge in [-0.25, -0.2) is 18.6 Å². The first kappa shape index (κ1) is 27.0. The largest absolute Gasteiger partial charge is 0.479 e. The molecule has 0 aliphatic rings. The second kappa shape index (κ2) is 10.2. The van der Waals surface area contributed by atoms with Crippen molar-refractivity contribution in [1.29, 1.82) is 0 Å². The molecule has 1 aromatic heterocycles. The molecule has 0 fully saturated rings. The standard InChI is InChI=1S/C23H25F4N5O3S/c1-12-8-16(32-36(4,5)34)10-18-20(12)21(29-11-28-18)31-17-7-6-15(24)9-19(17)35-13(2)22(33)30-14(3)23(25,26)27/h6-11,13-14H,4H2,1-3,5H3,(H,30,33)(H,32,34)(H,28,29,31). The number of halogens is 4. The van der Waals surface area contributed by atoms with Gasteiger partial charge in [-0.1, -0.05) is 0 Å². The van der Waals surface area contributed by atoms with E-state index in [1.54, 1.807) is 19.1 Å². The number of hydrogen-bond donors (Lipinski definition) is 3. The lowest BCUT2D eigenvalue weighted by Crippen LogP contribution is -2.47. The minimum absolute atomic E-state index is 0.109. The van der Waals surface area contributed by atoms with Crippen molar-refractivity contribution >= 4 is 49.6 Å². The minimum atomic E-state index is -4.62. The molecule has 0 aliphatic heterocycles. The number of amides is 1. The summed E-state index contributed by atoms with van der Waals surface area (Å²) in [5.74, 6) is 2.10. The molecule has 0 saturated heterocycles. The quantitative estimate of drug-likeness (QED) is 0.298. The Morgan fingerprint density at radius 2 is 1.86 bits per heavy atom. The average Bonchev–Trinajstić information content (AvgIpc) is 2.73. The topological polar surface area (TPSA) is 105 Å². The lowest BCUT2D eigenvalue weighted by Gasteiger charge is -2.22. The molecule has 0 spiro atoms. The van der Waals surface area contributed by atoms with E-state index in [2.05, 4.69) is 25.9 Å². The molecule has 194 valence electrons. The average molecular weight is 528 g/mol. The number of anilines is 3. The maximum absolute atomic E-state index is 14.0. The fourth-order valence-corrected chi connectivity index (χ4v) is 3.89. The number of nitrogens with zero attached hydrogens (tertiary/aromatic N) is 2. The molecule has 0 saturated carbocycles. The van der Waals surface area contributed by atoms with Gasteiger partial charge in [0.1, 0.15) is 29.8 Å². The summed E-state index contributed by atoms with van der Waals surface area (Å²) in [6.07, 6.45) is -3.23. The van der Waals surface area contributed by atoms with Gasteiger partial charge in [-0.05, 0) is 56.5 Å². The zero-order valence-electron chi connectivity index (χ0n) is 19.9. The number of benzene rings is 2. The van der Waals surface area contributed by atoms with Crippen LogP contribution in [-0.4, -0.2) is 50.5 Å². The molecule has 3 rings (SSSR count). The van der Waals surface area contributed by atoms with Crippen molar-refractivity contribution in [1.82, 2.24) is 15.3 Å². The lowest BCUT2D eigenvalue weighted by atomic mass is 10.1. The third kappa shape index (κ3) is 6.74. The highest BCUT2D eigenvalue weighted by molar-refractivity contribution is 8.00. The van der Waals surface area contributed by atoms with E-state index < -0.39 is 39.8 Å². The SMILES string of the molecule is C=S(C)(=O)Nc1cc(C)c2c(Nc3ccc(F)cc3OC(C)C(=O)NC(C)C(F)(F)F)ncnc2c1. The van der Waals surface area contributed by atoms with Crippen LogP contribution in [0.2, 0.25) is 0 Å². The van der Waals surface area contributed by atoms with E-state index in [-0.39, 0.29) is 11.4 Å². The van der Waals surface area contributed by atoms with Crippen LogP contribution in [0.5, 0.6) is 5.75 Å². The van der Waals surface area contributed by atoms with Crippen molar-refractivity contribution in [3.8, 4) is 5.75 Å². The second-order valence-electron chi connectivity index (χ2n) is 8.31. The number of fused-ring (bicyclic) bond motifs is 1. The van der Waals surface area contributed by atoms with Crippen LogP contribution in [-0.2, 0) is 14.5 Å². The van der Waals surface area contributed by atoms with Gasteiger partial charge in [0.25, 0.3) is 5.91 Å². The fraction of sp³-hybridized carbons (Fsp3) is 0.304. The monoisotopic (exact) mass is 527 g/mol. The van der Waals surface area contributed by atoms with Crippen molar-refractivity contribution < 1.29 is 31.3 Å². The smallest absolute Gasteiger partial charge is 0.408 e. The number of ether oxygens (including phenoxy) is 1. The Balaban J connectivity index is 1.91. The maximum Gasteiger partial charge on any atom is 0.408 e. The number of hydrogen-bond acceptors (Lipinski definition) is 6. The van der Waals surface area contributed by atoms with Gasteiger partial charge in [0, 0.05) is 33.1 Å². The lowest BCUT2D eigenvalue weighted by molar-refractivity contribution is -0.160. The fourth-order valence-electron chi connectivity index (χ4n) is 3.28. The van der Waals surface area contributed by atoms with Crippen LogP contribution in [0.1, 0.15) is 19.4 Å². The molecule has 0 radical (unpaired) electrons. The third-order valence-electron chi connectivity index (χ3n) is 4.99. The number of alkyl halides is 3. The van der Waals surface area contributed by atoms with Crippen LogP contribution in [0.15, 0.2) is 36.7 Å². The number of carbonyl (C=O) groups is 1.